The second kappa shape index (κ2) is 5.81. The van der Waals surface area contributed by atoms with Crippen LogP contribution in [0.25, 0.3) is 0 Å². The summed E-state index contributed by atoms with van der Waals surface area (Å²) >= 11 is 5.41. The standard InChI is InChI=1S/C15H16BrNS/c1-10-5-3-4-6-12(10)9-18-15-7-11(2)14(17)8-13(15)16/h3-8H,9,17H2,1-2H3. The lowest BCUT2D eigenvalue weighted by Crippen LogP contribution is -1.91. The van der Waals surface area contributed by atoms with Gasteiger partial charge in [0.05, 0.1) is 0 Å². The molecule has 0 heterocycles. The van der Waals surface area contributed by atoms with Gasteiger partial charge in [-0.05, 0) is 58.6 Å². The maximum atomic E-state index is 5.88. The molecule has 3 heteroatoms. The molecule has 0 aliphatic carbocycles. The minimum atomic E-state index is 0.835. The summed E-state index contributed by atoms with van der Waals surface area (Å²) in [6, 6.07) is 12.6. The predicted molar refractivity (Wildman–Crippen MR) is 84.0 cm³/mol. The molecule has 0 saturated heterocycles. The van der Waals surface area contributed by atoms with Crippen LogP contribution in [0.4, 0.5) is 5.69 Å². The Kier molecular flexibility index (Phi) is 4.36. The van der Waals surface area contributed by atoms with Crippen LogP contribution in [0.5, 0.6) is 0 Å². The fraction of sp³-hybridized carbons (Fsp3) is 0.200. The van der Waals surface area contributed by atoms with Crippen molar-refractivity contribution in [1.82, 2.24) is 0 Å². The summed E-state index contributed by atoms with van der Waals surface area (Å²) in [4.78, 5) is 1.24. The topological polar surface area (TPSA) is 26.0 Å². The lowest BCUT2D eigenvalue weighted by Gasteiger charge is -2.09. The Bertz CT molecular complexity index is 566. The van der Waals surface area contributed by atoms with Crippen molar-refractivity contribution in [3.05, 3.63) is 57.6 Å². The monoisotopic (exact) mass is 321 g/mol. The first-order valence-electron chi connectivity index (χ1n) is 5.81. The molecule has 0 bridgehead atoms. The summed E-state index contributed by atoms with van der Waals surface area (Å²) in [7, 11) is 0. The number of halogens is 1. The summed E-state index contributed by atoms with van der Waals surface area (Å²) in [6.07, 6.45) is 0. The first-order chi connectivity index (χ1) is 8.58. The zero-order valence-electron chi connectivity index (χ0n) is 10.5. The average molecular weight is 322 g/mol. The SMILES string of the molecule is Cc1cc(SCc2ccccc2C)c(Br)cc1N. The molecular formula is C15H16BrNS. The maximum Gasteiger partial charge on any atom is 0.0355 e. The smallest absolute Gasteiger partial charge is 0.0355 e. The molecule has 0 aromatic heterocycles. The van der Waals surface area contributed by atoms with Gasteiger partial charge in [-0.3, -0.25) is 0 Å². The van der Waals surface area contributed by atoms with E-state index >= 15 is 0 Å². The average Bonchev–Trinajstić information content (AvgIpc) is 2.34. The molecule has 1 nitrogen and oxygen atoms in total. The number of rotatable bonds is 3. The summed E-state index contributed by atoms with van der Waals surface area (Å²) in [5.41, 5.74) is 10.6. The Labute approximate surface area is 121 Å². The summed E-state index contributed by atoms with van der Waals surface area (Å²) in [5, 5.41) is 0. The van der Waals surface area contributed by atoms with Crippen LogP contribution in [0.1, 0.15) is 16.7 Å². The van der Waals surface area contributed by atoms with E-state index in [1.54, 1.807) is 0 Å². The fourth-order valence-electron chi connectivity index (χ4n) is 1.71. The van der Waals surface area contributed by atoms with Crippen LogP contribution in [0.15, 0.2) is 45.8 Å². The van der Waals surface area contributed by atoms with Gasteiger partial charge >= 0.3 is 0 Å². The Hall–Kier alpha value is -0.930. The van der Waals surface area contributed by atoms with Crippen molar-refractivity contribution in [3.63, 3.8) is 0 Å². The third kappa shape index (κ3) is 3.09. The second-order valence-corrected chi connectivity index (χ2v) is 6.23. The van der Waals surface area contributed by atoms with Crippen molar-refractivity contribution < 1.29 is 0 Å². The normalized spacial score (nSPS) is 10.6. The second-order valence-electron chi connectivity index (χ2n) is 4.35. The molecule has 0 radical (unpaired) electrons. The number of nitrogen functional groups attached to an aromatic ring is 1. The van der Waals surface area contributed by atoms with E-state index in [-0.39, 0.29) is 0 Å². The molecule has 0 aliphatic heterocycles. The third-order valence-electron chi connectivity index (χ3n) is 2.96. The van der Waals surface area contributed by atoms with Gasteiger partial charge in [-0.2, -0.15) is 0 Å². The Morgan fingerprint density at radius 3 is 2.56 bits per heavy atom. The molecule has 94 valence electrons. The zero-order chi connectivity index (χ0) is 13.1. The maximum absolute atomic E-state index is 5.88. The van der Waals surface area contributed by atoms with Gasteiger partial charge in [-0.15, -0.1) is 11.8 Å². The minimum absolute atomic E-state index is 0.835. The van der Waals surface area contributed by atoms with Gasteiger partial charge in [-0.1, -0.05) is 24.3 Å². The van der Waals surface area contributed by atoms with Crippen molar-refractivity contribution >= 4 is 33.4 Å². The third-order valence-corrected chi connectivity index (χ3v) is 4.99. The molecule has 0 spiro atoms. The van der Waals surface area contributed by atoms with E-state index in [0.717, 1.165) is 21.5 Å². The molecule has 2 rings (SSSR count). The van der Waals surface area contributed by atoms with Gasteiger partial charge < -0.3 is 5.73 Å². The van der Waals surface area contributed by atoms with Gasteiger partial charge in [0.25, 0.3) is 0 Å². The summed E-state index contributed by atoms with van der Waals surface area (Å²) < 4.78 is 1.07. The van der Waals surface area contributed by atoms with Crippen LogP contribution in [0, 0.1) is 13.8 Å². The molecule has 0 amide bonds. The number of hydrogen-bond acceptors (Lipinski definition) is 2. The highest BCUT2D eigenvalue weighted by atomic mass is 79.9. The van der Waals surface area contributed by atoms with Crippen LogP contribution < -0.4 is 5.73 Å². The van der Waals surface area contributed by atoms with Crippen molar-refractivity contribution in [2.75, 3.05) is 5.73 Å². The van der Waals surface area contributed by atoms with E-state index in [0.29, 0.717) is 0 Å². The fourth-order valence-corrected chi connectivity index (χ4v) is 3.50. The van der Waals surface area contributed by atoms with Crippen LogP contribution >= 0.6 is 27.7 Å². The summed E-state index contributed by atoms with van der Waals surface area (Å²) in [5.74, 6) is 0.981. The molecule has 2 aromatic carbocycles. The molecule has 2 aromatic rings. The lowest BCUT2D eigenvalue weighted by molar-refractivity contribution is 1.28. The van der Waals surface area contributed by atoms with E-state index in [9.17, 15) is 0 Å². The molecule has 0 unspecified atom stereocenters. The Morgan fingerprint density at radius 1 is 1.11 bits per heavy atom. The number of benzene rings is 2. The predicted octanol–water partition coefficient (Wildman–Crippen LogP) is 4.94. The Balaban J connectivity index is 2.16. The van der Waals surface area contributed by atoms with Crippen molar-refractivity contribution in [1.29, 1.82) is 0 Å². The molecular weight excluding hydrogens is 306 g/mol. The number of nitrogens with two attached hydrogens (primary N) is 1. The van der Waals surface area contributed by atoms with Crippen LogP contribution in [-0.4, -0.2) is 0 Å². The van der Waals surface area contributed by atoms with Crippen LogP contribution in [0.3, 0.4) is 0 Å². The van der Waals surface area contributed by atoms with Crippen LogP contribution in [0.2, 0.25) is 0 Å². The molecule has 2 N–H and O–H groups in total. The first-order valence-corrected chi connectivity index (χ1v) is 7.58. The quantitative estimate of drug-likeness (QED) is 0.640. The number of thioether (sulfide) groups is 1. The lowest BCUT2D eigenvalue weighted by atomic mass is 10.1. The summed E-state index contributed by atoms with van der Waals surface area (Å²) in [6.45, 7) is 4.19. The van der Waals surface area contributed by atoms with Crippen molar-refractivity contribution in [2.24, 2.45) is 0 Å². The largest absolute Gasteiger partial charge is 0.398 e. The van der Waals surface area contributed by atoms with Gasteiger partial charge in [0.2, 0.25) is 0 Å². The number of hydrogen-bond donors (Lipinski definition) is 1. The van der Waals surface area contributed by atoms with Crippen LogP contribution in [-0.2, 0) is 5.75 Å². The van der Waals surface area contributed by atoms with E-state index in [1.165, 1.54) is 16.0 Å². The molecule has 0 atom stereocenters. The van der Waals surface area contributed by atoms with E-state index in [4.69, 9.17) is 5.73 Å². The molecule has 0 saturated carbocycles. The Morgan fingerprint density at radius 2 is 1.83 bits per heavy atom. The van der Waals surface area contributed by atoms with Crippen molar-refractivity contribution in [3.8, 4) is 0 Å². The van der Waals surface area contributed by atoms with Gasteiger partial charge in [-0.25, -0.2) is 0 Å². The number of aryl methyl sites for hydroxylation is 2. The van der Waals surface area contributed by atoms with Gasteiger partial charge in [0.15, 0.2) is 0 Å². The van der Waals surface area contributed by atoms with Gasteiger partial charge in [0, 0.05) is 20.8 Å². The van der Waals surface area contributed by atoms with E-state index in [2.05, 4.69) is 53.2 Å². The van der Waals surface area contributed by atoms with E-state index < -0.39 is 0 Å². The molecule has 0 aliphatic rings. The zero-order valence-corrected chi connectivity index (χ0v) is 12.9. The van der Waals surface area contributed by atoms with Gasteiger partial charge in [0.1, 0.15) is 0 Å². The molecule has 0 fully saturated rings. The highest BCUT2D eigenvalue weighted by molar-refractivity contribution is 9.10. The highest BCUT2D eigenvalue weighted by Crippen LogP contribution is 2.33. The van der Waals surface area contributed by atoms with Crippen molar-refractivity contribution in [2.45, 2.75) is 24.5 Å². The van der Waals surface area contributed by atoms with E-state index in [1.807, 2.05) is 24.8 Å². The number of anilines is 1. The first kappa shape index (κ1) is 13.5. The molecule has 18 heavy (non-hydrogen) atoms. The highest BCUT2D eigenvalue weighted by Gasteiger charge is 2.05. The minimum Gasteiger partial charge on any atom is -0.398 e.